The van der Waals surface area contributed by atoms with Crippen LogP contribution in [0.1, 0.15) is 17.3 Å². The molecular weight excluding hydrogens is 204 g/mol. The van der Waals surface area contributed by atoms with E-state index in [4.69, 9.17) is 10.5 Å². The van der Waals surface area contributed by atoms with E-state index in [-0.39, 0.29) is 5.78 Å². The molecule has 1 aliphatic rings. The van der Waals surface area contributed by atoms with Gasteiger partial charge in [-0.15, -0.1) is 0 Å². The Balaban J connectivity index is 2.37. The minimum atomic E-state index is -0.465. The number of fused-ring (bicyclic) bond motifs is 1. The molecule has 4 nitrogen and oxygen atoms in total. The first-order chi connectivity index (χ1) is 7.59. The highest BCUT2D eigenvalue weighted by Crippen LogP contribution is 2.31. The van der Waals surface area contributed by atoms with Crippen LogP contribution < -0.4 is 15.4 Å². The van der Waals surface area contributed by atoms with Crippen molar-refractivity contribution in [2.24, 2.45) is 5.73 Å². The van der Waals surface area contributed by atoms with Crippen molar-refractivity contribution >= 4 is 11.5 Å². The van der Waals surface area contributed by atoms with Crippen molar-refractivity contribution in [1.82, 2.24) is 0 Å². The van der Waals surface area contributed by atoms with E-state index in [1.165, 1.54) is 0 Å². The summed E-state index contributed by atoms with van der Waals surface area (Å²) >= 11 is 0. The lowest BCUT2D eigenvalue weighted by atomic mass is 10.0. The van der Waals surface area contributed by atoms with Gasteiger partial charge in [0, 0.05) is 12.6 Å². The van der Waals surface area contributed by atoms with E-state index in [1.54, 1.807) is 13.0 Å². The van der Waals surface area contributed by atoms with Crippen LogP contribution in [-0.4, -0.2) is 32.0 Å². The fourth-order valence-corrected chi connectivity index (χ4v) is 1.77. The third-order valence-electron chi connectivity index (χ3n) is 2.75. The third kappa shape index (κ3) is 1.88. The van der Waals surface area contributed by atoms with Gasteiger partial charge in [0.05, 0.1) is 18.3 Å². The molecule has 0 amide bonds. The second kappa shape index (κ2) is 4.14. The minimum Gasteiger partial charge on any atom is -0.490 e. The van der Waals surface area contributed by atoms with Crippen LogP contribution in [0.3, 0.4) is 0 Å². The maximum absolute atomic E-state index is 11.8. The average Bonchev–Trinajstić information content (AvgIpc) is 2.28. The highest BCUT2D eigenvalue weighted by atomic mass is 16.5. The number of benzene rings is 1. The Kier molecular flexibility index (Phi) is 2.83. The van der Waals surface area contributed by atoms with Crippen molar-refractivity contribution in [2.45, 2.75) is 13.0 Å². The molecule has 0 saturated heterocycles. The first-order valence-corrected chi connectivity index (χ1v) is 5.37. The predicted octanol–water partition coefficient (Wildman–Crippen LogP) is 1.05. The second-order valence-electron chi connectivity index (χ2n) is 4.11. The van der Waals surface area contributed by atoms with E-state index < -0.39 is 6.04 Å². The number of Topliss-reactive ketones (excluding diaryl/α,β-unsaturated/α-hetero) is 1. The number of nitrogens with zero attached hydrogens (tertiary/aromatic N) is 1. The molecule has 0 aromatic heterocycles. The summed E-state index contributed by atoms with van der Waals surface area (Å²) in [5, 5.41) is 0. The summed E-state index contributed by atoms with van der Waals surface area (Å²) in [4.78, 5) is 13.8. The van der Waals surface area contributed by atoms with E-state index in [0.717, 1.165) is 18.0 Å². The Bertz CT molecular complexity index is 415. The molecule has 2 N–H and O–H groups in total. The van der Waals surface area contributed by atoms with Crippen LogP contribution in [0.15, 0.2) is 18.2 Å². The first kappa shape index (κ1) is 11.0. The molecule has 0 aliphatic carbocycles. The van der Waals surface area contributed by atoms with Gasteiger partial charge in [-0.1, -0.05) is 0 Å². The summed E-state index contributed by atoms with van der Waals surface area (Å²) in [6.07, 6.45) is 0. The summed E-state index contributed by atoms with van der Waals surface area (Å²) in [7, 11) is 1.99. The van der Waals surface area contributed by atoms with Crippen molar-refractivity contribution in [2.75, 3.05) is 25.1 Å². The molecule has 0 spiro atoms. The molecule has 1 heterocycles. The summed E-state index contributed by atoms with van der Waals surface area (Å²) < 4.78 is 5.50. The number of hydrogen-bond donors (Lipinski definition) is 1. The number of ketones is 1. The molecule has 1 atom stereocenters. The highest BCUT2D eigenvalue weighted by molar-refractivity contribution is 6.00. The van der Waals surface area contributed by atoms with Gasteiger partial charge < -0.3 is 15.4 Å². The minimum absolute atomic E-state index is 0.0400. The number of hydrogen-bond acceptors (Lipinski definition) is 4. The molecule has 0 bridgehead atoms. The molecule has 1 aromatic rings. The van der Waals surface area contributed by atoms with Crippen LogP contribution >= 0.6 is 0 Å². The maximum Gasteiger partial charge on any atom is 0.179 e. The summed E-state index contributed by atoms with van der Waals surface area (Å²) in [6.45, 7) is 3.22. The molecule has 16 heavy (non-hydrogen) atoms. The van der Waals surface area contributed by atoms with Crippen LogP contribution in [0, 0.1) is 0 Å². The van der Waals surface area contributed by atoms with Crippen molar-refractivity contribution in [3.05, 3.63) is 23.8 Å². The lowest BCUT2D eigenvalue weighted by Gasteiger charge is -2.28. The highest BCUT2D eigenvalue weighted by Gasteiger charge is 2.18. The van der Waals surface area contributed by atoms with Gasteiger partial charge in [-0.3, -0.25) is 4.79 Å². The van der Waals surface area contributed by atoms with E-state index >= 15 is 0 Å². The Morgan fingerprint density at radius 2 is 2.31 bits per heavy atom. The summed E-state index contributed by atoms with van der Waals surface area (Å²) in [6, 6.07) is 4.98. The van der Waals surface area contributed by atoms with E-state index in [0.29, 0.717) is 12.2 Å². The zero-order valence-corrected chi connectivity index (χ0v) is 9.56. The molecule has 0 radical (unpaired) electrons. The predicted molar refractivity (Wildman–Crippen MR) is 63.2 cm³/mol. The lowest BCUT2D eigenvalue weighted by molar-refractivity contribution is 0.0968. The summed E-state index contributed by atoms with van der Waals surface area (Å²) in [5.41, 5.74) is 7.19. The van der Waals surface area contributed by atoms with Gasteiger partial charge in [-0.25, -0.2) is 0 Å². The number of carbonyl (C=O) groups excluding carboxylic acids is 1. The number of carbonyl (C=O) groups is 1. The zero-order valence-electron chi connectivity index (χ0n) is 9.56. The largest absolute Gasteiger partial charge is 0.490 e. The number of likely N-dealkylation sites (N-methyl/N-ethyl adjacent to an activating group) is 1. The monoisotopic (exact) mass is 220 g/mol. The topological polar surface area (TPSA) is 55.6 Å². The molecule has 2 rings (SSSR count). The van der Waals surface area contributed by atoms with Gasteiger partial charge in [-0.05, 0) is 25.1 Å². The second-order valence-corrected chi connectivity index (χ2v) is 4.11. The molecule has 0 saturated carbocycles. The van der Waals surface area contributed by atoms with Gasteiger partial charge in [0.1, 0.15) is 12.4 Å². The van der Waals surface area contributed by atoms with Gasteiger partial charge in [0.25, 0.3) is 0 Å². The number of rotatable bonds is 2. The normalized spacial score (nSPS) is 16.3. The van der Waals surface area contributed by atoms with Crippen molar-refractivity contribution < 1.29 is 9.53 Å². The quantitative estimate of drug-likeness (QED) is 0.757. The van der Waals surface area contributed by atoms with Crippen LogP contribution in [0.4, 0.5) is 5.69 Å². The van der Waals surface area contributed by atoms with Crippen molar-refractivity contribution in [3.8, 4) is 5.75 Å². The van der Waals surface area contributed by atoms with Gasteiger partial charge in [0.2, 0.25) is 0 Å². The lowest BCUT2D eigenvalue weighted by Crippen LogP contribution is -2.30. The van der Waals surface area contributed by atoms with Crippen LogP contribution in [0.25, 0.3) is 0 Å². The van der Waals surface area contributed by atoms with E-state index in [9.17, 15) is 4.79 Å². The number of ether oxygens (including phenoxy) is 1. The van der Waals surface area contributed by atoms with Crippen molar-refractivity contribution in [3.63, 3.8) is 0 Å². The Morgan fingerprint density at radius 1 is 1.56 bits per heavy atom. The fraction of sp³-hybridized carbons (Fsp3) is 0.417. The maximum atomic E-state index is 11.8. The van der Waals surface area contributed by atoms with Crippen LogP contribution in [0.2, 0.25) is 0 Å². The smallest absolute Gasteiger partial charge is 0.179 e. The Morgan fingerprint density at radius 3 is 3.00 bits per heavy atom. The molecule has 86 valence electrons. The average molecular weight is 220 g/mol. The zero-order chi connectivity index (χ0) is 11.7. The molecule has 4 heteroatoms. The van der Waals surface area contributed by atoms with E-state index in [1.807, 2.05) is 19.2 Å². The van der Waals surface area contributed by atoms with Gasteiger partial charge in [0.15, 0.2) is 5.78 Å². The van der Waals surface area contributed by atoms with E-state index in [2.05, 4.69) is 4.90 Å². The molecule has 1 aliphatic heterocycles. The first-order valence-electron chi connectivity index (χ1n) is 5.37. The molecule has 1 aromatic carbocycles. The number of anilines is 1. The Hall–Kier alpha value is -1.55. The van der Waals surface area contributed by atoms with Crippen LogP contribution in [0.5, 0.6) is 5.75 Å². The van der Waals surface area contributed by atoms with Crippen LogP contribution in [-0.2, 0) is 0 Å². The number of nitrogens with two attached hydrogens (primary N) is 1. The SMILES string of the molecule is CC(N)C(=O)c1ccc2c(c1)N(C)CCO2. The third-order valence-corrected chi connectivity index (χ3v) is 2.75. The summed E-state index contributed by atoms with van der Waals surface area (Å²) in [5.74, 6) is 0.789. The molecular formula is C12H16N2O2. The standard InChI is InChI=1S/C12H16N2O2/c1-8(13)12(15)9-3-4-11-10(7-9)14(2)5-6-16-11/h3-4,7-8H,5-6,13H2,1-2H3. The van der Waals surface area contributed by atoms with Gasteiger partial charge in [-0.2, -0.15) is 0 Å². The van der Waals surface area contributed by atoms with Crippen molar-refractivity contribution in [1.29, 1.82) is 0 Å². The van der Waals surface area contributed by atoms with Gasteiger partial charge >= 0.3 is 0 Å². The molecule has 0 fully saturated rings. The Labute approximate surface area is 95.0 Å². The fourth-order valence-electron chi connectivity index (χ4n) is 1.77. The molecule has 1 unspecified atom stereocenters.